The van der Waals surface area contributed by atoms with Crippen LogP contribution in [0.5, 0.6) is 0 Å². The average molecular weight is 300 g/mol. The third kappa shape index (κ3) is 4.57. The van der Waals surface area contributed by atoms with E-state index in [9.17, 15) is 22.8 Å². The van der Waals surface area contributed by atoms with E-state index < -0.39 is 37.2 Å². The lowest BCUT2D eigenvalue weighted by Crippen LogP contribution is -2.49. The minimum Gasteiger partial charge on any atom is -0.480 e. The molecule has 1 heterocycles. The number of nitrogens with zero attached hydrogens (tertiary/aromatic N) is 1. The number of amides is 1. The van der Waals surface area contributed by atoms with Crippen LogP contribution >= 0.6 is 11.8 Å². The van der Waals surface area contributed by atoms with Crippen LogP contribution in [0.3, 0.4) is 0 Å². The van der Waals surface area contributed by atoms with Gasteiger partial charge in [-0.25, -0.2) is 4.79 Å². The van der Waals surface area contributed by atoms with Crippen molar-refractivity contribution in [3.63, 3.8) is 0 Å². The second kappa shape index (κ2) is 6.47. The number of rotatable bonds is 5. The van der Waals surface area contributed by atoms with Gasteiger partial charge in [0.2, 0.25) is 5.91 Å². The second-order valence-electron chi connectivity index (χ2n) is 4.07. The summed E-state index contributed by atoms with van der Waals surface area (Å²) in [7, 11) is 0. The number of alkyl halides is 3. The number of halogens is 3. The molecule has 9 heteroatoms. The molecule has 0 bridgehead atoms. The lowest BCUT2D eigenvalue weighted by atomic mass is 10.2. The lowest BCUT2D eigenvalue weighted by Gasteiger charge is -2.26. The van der Waals surface area contributed by atoms with E-state index in [1.54, 1.807) is 6.92 Å². The van der Waals surface area contributed by atoms with E-state index in [-0.39, 0.29) is 11.1 Å². The average Bonchev–Trinajstić information content (AvgIpc) is 2.70. The van der Waals surface area contributed by atoms with E-state index in [1.807, 2.05) is 5.32 Å². The van der Waals surface area contributed by atoms with Gasteiger partial charge in [-0.1, -0.05) is 6.92 Å². The van der Waals surface area contributed by atoms with Gasteiger partial charge in [0.05, 0.1) is 18.5 Å². The lowest BCUT2D eigenvalue weighted by molar-refractivity contribution is -0.149. The van der Waals surface area contributed by atoms with E-state index >= 15 is 0 Å². The molecule has 2 unspecified atom stereocenters. The van der Waals surface area contributed by atoms with Crippen molar-refractivity contribution in [2.45, 2.75) is 30.9 Å². The second-order valence-corrected chi connectivity index (χ2v) is 5.28. The summed E-state index contributed by atoms with van der Waals surface area (Å²) in [4.78, 5) is 24.0. The van der Waals surface area contributed by atoms with E-state index in [1.165, 1.54) is 11.8 Å². The van der Waals surface area contributed by atoms with Crippen LogP contribution in [0.15, 0.2) is 0 Å². The molecule has 19 heavy (non-hydrogen) atoms. The molecule has 0 saturated carbocycles. The van der Waals surface area contributed by atoms with Gasteiger partial charge in [0.15, 0.2) is 0 Å². The van der Waals surface area contributed by atoms with Gasteiger partial charge in [0, 0.05) is 5.75 Å². The smallest absolute Gasteiger partial charge is 0.401 e. The van der Waals surface area contributed by atoms with Gasteiger partial charge in [0.1, 0.15) is 6.04 Å². The molecule has 0 aromatic rings. The third-order valence-corrected chi connectivity index (χ3v) is 4.07. The van der Waals surface area contributed by atoms with Crippen LogP contribution in [0.4, 0.5) is 13.2 Å². The van der Waals surface area contributed by atoms with Crippen molar-refractivity contribution in [1.29, 1.82) is 0 Å². The Labute approximate surface area is 112 Å². The maximum absolute atomic E-state index is 11.9. The topological polar surface area (TPSA) is 69.6 Å². The molecule has 0 radical (unpaired) electrons. The minimum absolute atomic E-state index is 0.263. The van der Waals surface area contributed by atoms with Crippen LogP contribution in [0.1, 0.15) is 13.3 Å². The number of carbonyl (C=O) groups is 2. The van der Waals surface area contributed by atoms with Crippen LogP contribution in [0.25, 0.3) is 0 Å². The molecule has 5 nitrogen and oxygen atoms in total. The van der Waals surface area contributed by atoms with Crippen molar-refractivity contribution in [3.8, 4) is 0 Å². The quantitative estimate of drug-likeness (QED) is 0.789. The fourth-order valence-corrected chi connectivity index (χ4v) is 3.17. The van der Waals surface area contributed by atoms with Crippen molar-refractivity contribution in [1.82, 2.24) is 10.2 Å². The first-order valence-electron chi connectivity index (χ1n) is 5.69. The molecule has 110 valence electrons. The van der Waals surface area contributed by atoms with Crippen molar-refractivity contribution >= 4 is 23.6 Å². The molecule has 0 aromatic heterocycles. The molecule has 0 aromatic carbocycles. The molecule has 2 N–H and O–H groups in total. The van der Waals surface area contributed by atoms with Gasteiger partial charge in [-0.15, -0.1) is 11.8 Å². The Kier molecular flexibility index (Phi) is 5.48. The van der Waals surface area contributed by atoms with Gasteiger partial charge in [-0.05, 0) is 6.42 Å². The molecular weight excluding hydrogens is 285 g/mol. The predicted molar refractivity (Wildman–Crippen MR) is 63.7 cm³/mol. The summed E-state index contributed by atoms with van der Waals surface area (Å²) in [6.45, 7) is 0.0138. The Balaban J connectivity index is 2.58. The van der Waals surface area contributed by atoms with Crippen molar-refractivity contribution in [2.75, 3.05) is 18.8 Å². The summed E-state index contributed by atoms with van der Waals surface area (Å²) in [5.74, 6) is -1.49. The fraction of sp³-hybridized carbons (Fsp3) is 0.800. The Morgan fingerprint density at radius 2 is 2.11 bits per heavy atom. The zero-order chi connectivity index (χ0) is 14.6. The maximum atomic E-state index is 11.9. The fourth-order valence-electron chi connectivity index (χ4n) is 1.81. The van der Waals surface area contributed by atoms with E-state index in [2.05, 4.69) is 0 Å². The first-order chi connectivity index (χ1) is 8.76. The maximum Gasteiger partial charge on any atom is 0.401 e. The first kappa shape index (κ1) is 16.1. The predicted octanol–water partition coefficient (Wildman–Crippen LogP) is 0.903. The molecule has 1 saturated heterocycles. The standard InChI is InChI=1S/C10H15F3N2O3S/c1-2-8-15(6(4-19-8)9(17)18)7(16)3-14-5-10(11,12)13/h6,8,14H,2-5H2,1H3,(H,17,18). The van der Waals surface area contributed by atoms with Crippen molar-refractivity contribution < 1.29 is 27.9 Å². The summed E-state index contributed by atoms with van der Waals surface area (Å²) in [6.07, 6.45) is -3.84. The summed E-state index contributed by atoms with van der Waals surface area (Å²) >= 11 is 1.33. The number of hydrogen-bond donors (Lipinski definition) is 2. The minimum atomic E-state index is -4.39. The zero-order valence-electron chi connectivity index (χ0n) is 10.2. The Morgan fingerprint density at radius 3 is 2.58 bits per heavy atom. The SMILES string of the molecule is CCC1SCC(C(=O)O)N1C(=O)CNCC(F)(F)F. The third-order valence-electron chi connectivity index (χ3n) is 2.62. The molecule has 1 fully saturated rings. The number of nitrogens with one attached hydrogen (secondary N) is 1. The highest BCUT2D eigenvalue weighted by molar-refractivity contribution is 8.00. The number of carbonyl (C=O) groups excluding carboxylic acids is 1. The molecule has 0 aliphatic carbocycles. The van der Waals surface area contributed by atoms with Gasteiger partial charge < -0.3 is 15.3 Å². The molecular formula is C10H15F3N2O3S. The number of hydrogen-bond acceptors (Lipinski definition) is 4. The summed E-state index contributed by atoms with van der Waals surface area (Å²) in [5, 5.41) is 10.7. The molecule has 1 rings (SSSR count). The molecule has 1 aliphatic rings. The highest BCUT2D eigenvalue weighted by Crippen LogP contribution is 2.31. The molecule has 2 atom stereocenters. The van der Waals surface area contributed by atoms with Crippen LogP contribution in [0.2, 0.25) is 0 Å². The number of carboxylic acids is 1. The van der Waals surface area contributed by atoms with E-state index in [0.29, 0.717) is 6.42 Å². The van der Waals surface area contributed by atoms with E-state index in [0.717, 1.165) is 4.90 Å². The van der Waals surface area contributed by atoms with Crippen LogP contribution in [0, 0.1) is 0 Å². The number of carboxylic acid groups (broad SMARTS) is 1. The Bertz CT molecular complexity index is 351. The van der Waals surface area contributed by atoms with Gasteiger partial charge in [-0.3, -0.25) is 4.79 Å². The van der Waals surface area contributed by atoms with Gasteiger partial charge in [-0.2, -0.15) is 13.2 Å². The Hall–Kier alpha value is -0.960. The van der Waals surface area contributed by atoms with E-state index in [4.69, 9.17) is 5.11 Å². The summed E-state index contributed by atoms with van der Waals surface area (Å²) in [5.41, 5.74) is 0. The van der Waals surface area contributed by atoms with Crippen LogP contribution in [-0.4, -0.2) is 58.3 Å². The highest BCUT2D eigenvalue weighted by Gasteiger charge is 2.40. The molecule has 1 amide bonds. The first-order valence-corrected chi connectivity index (χ1v) is 6.74. The summed E-state index contributed by atoms with van der Waals surface area (Å²) < 4.78 is 35.8. The summed E-state index contributed by atoms with van der Waals surface area (Å²) in [6, 6.07) is -0.963. The monoisotopic (exact) mass is 300 g/mol. The molecule has 0 spiro atoms. The normalized spacial score (nSPS) is 23.7. The van der Waals surface area contributed by atoms with Crippen molar-refractivity contribution in [2.24, 2.45) is 0 Å². The Morgan fingerprint density at radius 1 is 1.47 bits per heavy atom. The van der Waals surface area contributed by atoms with Crippen LogP contribution < -0.4 is 5.32 Å². The largest absolute Gasteiger partial charge is 0.480 e. The van der Waals surface area contributed by atoms with Crippen LogP contribution in [-0.2, 0) is 9.59 Å². The van der Waals surface area contributed by atoms with Gasteiger partial charge in [0.25, 0.3) is 0 Å². The van der Waals surface area contributed by atoms with Crippen molar-refractivity contribution in [3.05, 3.63) is 0 Å². The number of thioether (sulfide) groups is 1. The highest BCUT2D eigenvalue weighted by atomic mass is 32.2. The number of aliphatic carboxylic acids is 1. The zero-order valence-corrected chi connectivity index (χ0v) is 11.1. The molecule has 1 aliphatic heterocycles. The van der Waals surface area contributed by atoms with Gasteiger partial charge >= 0.3 is 12.1 Å².